The molecule has 0 unspecified atom stereocenters. The fourth-order valence-corrected chi connectivity index (χ4v) is 4.30. The van der Waals surface area contributed by atoms with Gasteiger partial charge in [-0.05, 0) is 25.2 Å². The second-order valence-electron chi connectivity index (χ2n) is 6.86. The van der Waals surface area contributed by atoms with Crippen LogP contribution in [0.1, 0.15) is 38.0 Å². The summed E-state index contributed by atoms with van der Waals surface area (Å²) in [6.07, 6.45) is 7.12. The molecule has 5 heteroatoms. The number of hydrogen-bond acceptors (Lipinski definition) is 4. The van der Waals surface area contributed by atoms with Crippen molar-refractivity contribution in [3.63, 3.8) is 0 Å². The lowest BCUT2D eigenvalue weighted by molar-refractivity contribution is -0.143. The molecule has 3 atom stereocenters. The van der Waals surface area contributed by atoms with Crippen molar-refractivity contribution >= 4 is 5.97 Å². The fourth-order valence-electron chi connectivity index (χ4n) is 4.30. The van der Waals surface area contributed by atoms with Gasteiger partial charge in [0.1, 0.15) is 6.04 Å². The van der Waals surface area contributed by atoms with E-state index in [4.69, 9.17) is 4.42 Å². The minimum absolute atomic E-state index is 0.354. The van der Waals surface area contributed by atoms with E-state index in [2.05, 4.69) is 9.88 Å². The topological polar surface area (TPSA) is 66.6 Å². The Morgan fingerprint density at radius 3 is 2.83 bits per heavy atom. The zero-order valence-corrected chi connectivity index (χ0v) is 13.6. The van der Waals surface area contributed by atoms with Crippen LogP contribution in [0.25, 0.3) is 11.3 Å². The molecule has 4 rings (SSSR count). The second-order valence-corrected chi connectivity index (χ2v) is 6.86. The molecule has 1 aliphatic heterocycles. The smallest absolute Gasteiger partial charge is 0.320 e. The molecule has 24 heavy (non-hydrogen) atoms. The van der Waals surface area contributed by atoms with Crippen LogP contribution >= 0.6 is 0 Å². The van der Waals surface area contributed by atoms with E-state index in [1.165, 1.54) is 12.8 Å². The van der Waals surface area contributed by atoms with E-state index in [-0.39, 0.29) is 0 Å². The largest absolute Gasteiger partial charge is 0.480 e. The first kappa shape index (κ1) is 15.4. The lowest BCUT2D eigenvalue weighted by atomic mass is 9.85. The highest BCUT2D eigenvalue weighted by Gasteiger charge is 2.45. The highest BCUT2D eigenvalue weighted by atomic mass is 16.4. The highest BCUT2D eigenvalue weighted by molar-refractivity contribution is 5.74. The molecule has 126 valence electrons. The van der Waals surface area contributed by atoms with E-state index in [1.54, 1.807) is 6.20 Å². The van der Waals surface area contributed by atoms with Crippen molar-refractivity contribution < 1.29 is 14.3 Å². The Labute approximate surface area is 141 Å². The van der Waals surface area contributed by atoms with Gasteiger partial charge in [0.15, 0.2) is 5.76 Å². The van der Waals surface area contributed by atoms with Crippen molar-refractivity contribution in [2.75, 3.05) is 0 Å². The Kier molecular flexibility index (Phi) is 4.10. The van der Waals surface area contributed by atoms with Crippen molar-refractivity contribution in [1.82, 2.24) is 9.88 Å². The fraction of sp³-hybridized carbons (Fsp3) is 0.474. The molecule has 1 aromatic heterocycles. The Morgan fingerprint density at radius 1 is 1.25 bits per heavy atom. The molecule has 1 saturated heterocycles. The number of carboxylic acids is 1. The minimum Gasteiger partial charge on any atom is -0.480 e. The number of carbonyl (C=O) groups is 1. The van der Waals surface area contributed by atoms with Gasteiger partial charge in [0, 0.05) is 11.6 Å². The SMILES string of the molecule is O=C(O)[C@@H]1C[C@H]2CCCC[C@H]2N1Cc1ncc(-c2ccccc2)o1. The van der Waals surface area contributed by atoms with E-state index < -0.39 is 12.0 Å². The van der Waals surface area contributed by atoms with Gasteiger partial charge in [-0.1, -0.05) is 43.2 Å². The quantitative estimate of drug-likeness (QED) is 0.930. The van der Waals surface area contributed by atoms with Crippen molar-refractivity contribution in [1.29, 1.82) is 0 Å². The van der Waals surface area contributed by atoms with Crippen LogP contribution in [0.4, 0.5) is 0 Å². The average molecular weight is 326 g/mol. The first-order valence-corrected chi connectivity index (χ1v) is 8.71. The number of rotatable bonds is 4. The standard InChI is InChI=1S/C19H22N2O3/c22-19(23)16-10-14-8-4-5-9-15(14)21(16)12-18-20-11-17(24-18)13-6-2-1-3-7-13/h1-3,6-7,11,14-16H,4-5,8-10,12H2,(H,22,23)/t14-,15-,16+/m1/s1. The van der Waals surface area contributed by atoms with Gasteiger partial charge in [-0.3, -0.25) is 9.69 Å². The van der Waals surface area contributed by atoms with Gasteiger partial charge in [-0.15, -0.1) is 0 Å². The van der Waals surface area contributed by atoms with Crippen LogP contribution < -0.4 is 0 Å². The second kappa shape index (κ2) is 6.40. The molecule has 2 aromatic rings. The normalized spacial score (nSPS) is 27.1. The predicted octanol–water partition coefficient (Wildman–Crippen LogP) is 3.56. The summed E-state index contributed by atoms with van der Waals surface area (Å²) in [5.41, 5.74) is 0.989. The number of carboxylic acid groups (broad SMARTS) is 1. The van der Waals surface area contributed by atoms with Gasteiger partial charge in [0.25, 0.3) is 0 Å². The molecule has 1 saturated carbocycles. The van der Waals surface area contributed by atoms with Gasteiger partial charge in [-0.2, -0.15) is 0 Å². The van der Waals surface area contributed by atoms with Crippen LogP contribution in [0.15, 0.2) is 40.9 Å². The van der Waals surface area contributed by atoms with E-state index in [0.717, 1.165) is 30.6 Å². The third-order valence-corrected chi connectivity index (χ3v) is 5.44. The minimum atomic E-state index is -0.723. The Bertz CT molecular complexity index is 712. The van der Waals surface area contributed by atoms with E-state index >= 15 is 0 Å². The van der Waals surface area contributed by atoms with Crippen LogP contribution in [0.5, 0.6) is 0 Å². The first-order chi connectivity index (χ1) is 11.7. The van der Waals surface area contributed by atoms with Crippen LogP contribution in [-0.4, -0.2) is 33.0 Å². The van der Waals surface area contributed by atoms with Crippen molar-refractivity contribution in [3.05, 3.63) is 42.4 Å². The monoisotopic (exact) mass is 326 g/mol. The van der Waals surface area contributed by atoms with E-state index in [0.29, 0.717) is 24.4 Å². The van der Waals surface area contributed by atoms with Gasteiger partial charge < -0.3 is 9.52 Å². The number of aliphatic carboxylic acids is 1. The summed E-state index contributed by atoms with van der Waals surface area (Å²) in [7, 11) is 0. The molecule has 1 N–H and O–H groups in total. The van der Waals surface area contributed by atoms with E-state index in [1.807, 2.05) is 30.3 Å². The number of aromatic nitrogens is 1. The summed E-state index contributed by atoms with van der Waals surface area (Å²) in [5, 5.41) is 9.60. The molecule has 1 aromatic carbocycles. The van der Waals surface area contributed by atoms with Crippen molar-refractivity contribution in [2.24, 2.45) is 5.92 Å². The van der Waals surface area contributed by atoms with Crippen LogP contribution in [0.3, 0.4) is 0 Å². The number of likely N-dealkylation sites (tertiary alicyclic amines) is 1. The summed E-state index contributed by atoms with van der Waals surface area (Å²) >= 11 is 0. The zero-order chi connectivity index (χ0) is 16.5. The lowest BCUT2D eigenvalue weighted by Gasteiger charge is -2.32. The first-order valence-electron chi connectivity index (χ1n) is 8.71. The van der Waals surface area contributed by atoms with E-state index in [9.17, 15) is 9.90 Å². The van der Waals surface area contributed by atoms with Crippen LogP contribution in [0, 0.1) is 5.92 Å². The summed E-state index contributed by atoms with van der Waals surface area (Å²) in [6, 6.07) is 9.80. The Balaban J connectivity index is 1.55. The maximum atomic E-state index is 11.7. The maximum Gasteiger partial charge on any atom is 0.320 e. The summed E-state index contributed by atoms with van der Waals surface area (Å²) in [4.78, 5) is 18.2. The Hall–Kier alpha value is -2.14. The number of oxazole rings is 1. The molecule has 2 fully saturated rings. The van der Waals surface area contributed by atoms with Crippen LogP contribution in [-0.2, 0) is 11.3 Å². The summed E-state index contributed by atoms with van der Waals surface area (Å²) in [5.74, 6) is 1.12. The third kappa shape index (κ3) is 2.84. The van der Waals surface area contributed by atoms with Crippen molar-refractivity contribution in [3.8, 4) is 11.3 Å². The molecule has 1 aliphatic carbocycles. The molecule has 0 bridgehead atoms. The highest BCUT2D eigenvalue weighted by Crippen LogP contribution is 2.40. The number of benzene rings is 1. The van der Waals surface area contributed by atoms with Crippen molar-refractivity contribution in [2.45, 2.75) is 50.7 Å². The summed E-state index contributed by atoms with van der Waals surface area (Å²) in [6.45, 7) is 0.477. The number of nitrogens with zero attached hydrogens (tertiary/aromatic N) is 2. The lowest BCUT2D eigenvalue weighted by Crippen LogP contribution is -2.41. The molecule has 0 amide bonds. The van der Waals surface area contributed by atoms with Gasteiger partial charge >= 0.3 is 5.97 Å². The zero-order valence-electron chi connectivity index (χ0n) is 13.6. The van der Waals surface area contributed by atoms with Gasteiger partial charge in [0.05, 0.1) is 12.7 Å². The maximum absolute atomic E-state index is 11.7. The average Bonchev–Trinajstić information content (AvgIpc) is 3.21. The molecular formula is C19H22N2O3. The predicted molar refractivity (Wildman–Crippen MR) is 89.3 cm³/mol. The van der Waals surface area contributed by atoms with Gasteiger partial charge in [-0.25, -0.2) is 4.98 Å². The molecule has 5 nitrogen and oxygen atoms in total. The van der Waals surface area contributed by atoms with Crippen LogP contribution in [0.2, 0.25) is 0 Å². The third-order valence-electron chi connectivity index (χ3n) is 5.44. The van der Waals surface area contributed by atoms with Gasteiger partial charge in [0.2, 0.25) is 5.89 Å². The summed E-state index contributed by atoms with van der Waals surface area (Å²) < 4.78 is 5.89. The Morgan fingerprint density at radius 2 is 2.04 bits per heavy atom. The number of fused-ring (bicyclic) bond motifs is 1. The molecule has 2 heterocycles. The molecule has 0 radical (unpaired) electrons. The number of hydrogen-bond donors (Lipinski definition) is 1. The molecule has 0 spiro atoms. The molecular weight excluding hydrogens is 304 g/mol. The molecule has 2 aliphatic rings.